The van der Waals surface area contributed by atoms with Crippen molar-refractivity contribution in [2.45, 2.75) is 4.21 Å². The van der Waals surface area contributed by atoms with Crippen molar-refractivity contribution in [1.82, 2.24) is 10.0 Å². The Morgan fingerprint density at radius 1 is 0.974 bits per heavy atom. The molecule has 202 valence electrons. The quantitative estimate of drug-likeness (QED) is 0.0574. The van der Waals surface area contributed by atoms with E-state index >= 15 is 0 Å². The molecular weight excluding hydrogens is 564 g/mol. The first-order chi connectivity index (χ1) is 18.6. The molecule has 0 saturated heterocycles. The third-order valence-corrected chi connectivity index (χ3v) is 8.43. The second-order valence-electron chi connectivity index (χ2n) is 7.96. The van der Waals surface area contributed by atoms with Crippen LogP contribution in [-0.2, 0) is 10.0 Å². The summed E-state index contributed by atoms with van der Waals surface area (Å²) >= 11 is 6.24. The van der Waals surface area contributed by atoms with Crippen molar-refractivity contribution in [3.05, 3.63) is 88.3 Å². The van der Waals surface area contributed by atoms with E-state index in [1.807, 2.05) is 0 Å². The SMILES string of the molecule is O=[N+]([O-])c1cccc(NC(=S)NCCNS(=O)(=O)c2sccc2-c2ccccc2Oc2ccc(O)c(O)c2)c1. The largest absolute Gasteiger partial charge is 0.504 e. The molecule has 4 aromatic rings. The molecular formula is C25H22N4O7S3. The standard InChI is InChI=1S/C25H22N4O7S3/c30-21-9-8-18(15-22(21)31)36-23-7-2-1-6-19(23)20-10-13-38-24(20)39(34,35)27-12-11-26-25(37)28-16-4-3-5-17(14-16)29(32)33/h1-10,13-15,27,30-31H,11-12H2,(H2,26,28,37). The van der Waals surface area contributed by atoms with Crippen LogP contribution in [0.3, 0.4) is 0 Å². The second kappa shape index (κ2) is 12.1. The van der Waals surface area contributed by atoms with Gasteiger partial charge in [-0.25, -0.2) is 13.1 Å². The lowest BCUT2D eigenvalue weighted by molar-refractivity contribution is -0.384. The summed E-state index contributed by atoms with van der Waals surface area (Å²) in [6.45, 7) is 0.173. The van der Waals surface area contributed by atoms with Crippen LogP contribution in [0.2, 0.25) is 0 Å². The Bertz CT molecular complexity index is 1620. The number of anilines is 1. The maximum atomic E-state index is 13.1. The van der Waals surface area contributed by atoms with Crippen molar-refractivity contribution < 1.29 is 28.3 Å². The molecule has 11 nitrogen and oxygen atoms in total. The first-order valence-corrected chi connectivity index (χ1v) is 14.1. The minimum atomic E-state index is -3.91. The zero-order chi connectivity index (χ0) is 28.0. The van der Waals surface area contributed by atoms with E-state index in [0.717, 1.165) is 11.3 Å². The van der Waals surface area contributed by atoms with E-state index < -0.39 is 14.9 Å². The molecule has 0 fully saturated rings. The van der Waals surface area contributed by atoms with E-state index in [0.29, 0.717) is 22.6 Å². The van der Waals surface area contributed by atoms with Crippen molar-refractivity contribution >= 4 is 50.1 Å². The highest BCUT2D eigenvalue weighted by atomic mass is 32.2. The van der Waals surface area contributed by atoms with Crippen LogP contribution < -0.4 is 20.1 Å². The molecule has 0 unspecified atom stereocenters. The Labute approximate surface area is 232 Å². The van der Waals surface area contributed by atoms with Gasteiger partial charge in [-0.3, -0.25) is 10.1 Å². The van der Waals surface area contributed by atoms with Gasteiger partial charge in [-0.05, 0) is 47.9 Å². The molecule has 0 spiro atoms. The van der Waals surface area contributed by atoms with Crippen LogP contribution in [0.15, 0.2) is 82.4 Å². The minimum absolute atomic E-state index is 0.0152. The molecule has 5 N–H and O–H groups in total. The fourth-order valence-corrected chi connectivity index (χ4v) is 6.15. The van der Waals surface area contributed by atoms with Gasteiger partial charge in [0.1, 0.15) is 15.7 Å². The molecule has 14 heteroatoms. The number of hydrogen-bond donors (Lipinski definition) is 5. The highest BCUT2D eigenvalue weighted by Crippen LogP contribution is 2.40. The number of rotatable bonds is 10. The van der Waals surface area contributed by atoms with Gasteiger partial charge in [-0.15, -0.1) is 11.3 Å². The molecule has 0 amide bonds. The van der Waals surface area contributed by atoms with E-state index in [9.17, 15) is 28.7 Å². The number of para-hydroxylation sites is 1. The number of aromatic hydroxyl groups is 2. The fraction of sp³-hybridized carbons (Fsp3) is 0.0800. The van der Waals surface area contributed by atoms with Crippen LogP contribution in [0.1, 0.15) is 0 Å². The molecule has 1 aromatic heterocycles. The van der Waals surface area contributed by atoms with Crippen LogP contribution in [0.4, 0.5) is 11.4 Å². The third kappa shape index (κ3) is 7.00. The van der Waals surface area contributed by atoms with Crippen LogP contribution in [0, 0.1) is 10.1 Å². The van der Waals surface area contributed by atoms with Gasteiger partial charge in [-0.2, -0.15) is 0 Å². The van der Waals surface area contributed by atoms with Crippen LogP contribution >= 0.6 is 23.6 Å². The first kappa shape index (κ1) is 27.8. The molecule has 0 saturated carbocycles. The summed E-state index contributed by atoms with van der Waals surface area (Å²) in [6, 6.07) is 18.4. The Kier molecular flexibility index (Phi) is 8.61. The highest BCUT2D eigenvalue weighted by Gasteiger charge is 2.23. The molecule has 39 heavy (non-hydrogen) atoms. The predicted octanol–water partition coefficient (Wildman–Crippen LogP) is 4.79. The van der Waals surface area contributed by atoms with Gasteiger partial charge in [0.05, 0.1) is 4.92 Å². The van der Waals surface area contributed by atoms with Gasteiger partial charge in [-0.1, -0.05) is 24.3 Å². The number of nitrogens with one attached hydrogen (secondary N) is 3. The van der Waals surface area contributed by atoms with Crippen LogP contribution in [-0.4, -0.2) is 41.8 Å². The van der Waals surface area contributed by atoms with E-state index in [4.69, 9.17) is 17.0 Å². The number of sulfonamides is 1. The van der Waals surface area contributed by atoms with Crippen molar-refractivity contribution in [2.75, 3.05) is 18.4 Å². The monoisotopic (exact) mass is 586 g/mol. The molecule has 0 aliphatic heterocycles. The topological polar surface area (TPSA) is 163 Å². The summed E-state index contributed by atoms with van der Waals surface area (Å²) in [4.78, 5) is 10.4. The number of nitro benzene ring substituents is 1. The number of nitro groups is 1. The number of hydrogen-bond acceptors (Lipinski definition) is 9. The number of non-ortho nitro benzene ring substituents is 1. The van der Waals surface area contributed by atoms with Crippen molar-refractivity contribution in [3.63, 3.8) is 0 Å². The molecule has 1 heterocycles. The Morgan fingerprint density at radius 3 is 2.54 bits per heavy atom. The van der Waals surface area contributed by atoms with Gasteiger partial charge in [0.2, 0.25) is 0 Å². The zero-order valence-corrected chi connectivity index (χ0v) is 22.5. The number of ether oxygens (including phenoxy) is 1. The zero-order valence-electron chi connectivity index (χ0n) is 20.0. The van der Waals surface area contributed by atoms with E-state index in [1.165, 1.54) is 36.4 Å². The highest BCUT2D eigenvalue weighted by molar-refractivity contribution is 7.91. The van der Waals surface area contributed by atoms with Gasteiger partial charge in [0, 0.05) is 48.1 Å². The van der Waals surface area contributed by atoms with Crippen molar-refractivity contribution in [3.8, 4) is 34.1 Å². The second-order valence-corrected chi connectivity index (χ2v) is 11.2. The first-order valence-electron chi connectivity index (χ1n) is 11.3. The van der Waals surface area contributed by atoms with Crippen molar-refractivity contribution in [1.29, 1.82) is 0 Å². The molecule has 3 aromatic carbocycles. The summed E-state index contributed by atoms with van der Waals surface area (Å²) in [6.07, 6.45) is 0. The van der Waals surface area contributed by atoms with E-state index in [1.54, 1.807) is 41.8 Å². The van der Waals surface area contributed by atoms with Gasteiger partial charge in [0.15, 0.2) is 16.6 Å². The number of nitrogens with zero attached hydrogens (tertiary/aromatic N) is 1. The van der Waals surface area contributed by atoms with Gasteiger partial charge < -0.3 is 25.6 Å². The maximum absolute atomic E-state index is 13.1. The summed E-state index contributed by atoms with van der Waals surface area (Å²) in [5, 5.41) is 37.7. The lowest BCUT2D eigenvalue weighted by atomic mass is 10.1. The summed E-state index contributed by atoms with van der Waals surface area (Å²) in [5.41, 5.74) is 1.29. The lowest BCUT2D eigenvalue weighted by Crippen LogP contribution is -2.36. The number of phenolic OH excluding ortho intramolecular Hbond substituents is 2. The summed E-state index contributed by atoms with van der Waals surface area (Å²) < 4.78 is 34.8. The molecule has 4 rings (SSSR count). The smallest absolute Gasteiger partial charge is 0.271 e. The number of benzene rings is 3. The van der Waals surface area contributed by atoms with Gasteiger partial charge >= 0.3 is 0 Å². The van der Waals surface area contributed by atoms with Gasteiger partial charge in [0.25, 0.3) is 15.7 Å². The Morgan fingerprint density at radius 2 is 1.77 bits per heavy atom. The number of thiophene rings is 1. The summed E-state index contributed by atoms with van der Waals surface area (Å²) in [7, 11) is -3.91. The number of thiocarbonyl (C=S) groups is 1. The maximum Gasteiger partial charge on any atom is 0.271 e. The van der Waals surface area contributed by atoms with Crippen molar-refractivity contribution in [2.24, 2.45) is 0 Å². The van der Waals surface area contributed by atoms with E-state index in [-0.39, 0.29) is 45.3 Å². The third-order valence-electron chi connectivity index (χ3n) is 5.24. The van der Waals surface area contributed by atoms with Crippen LogP contribution in [0.25, 0.3) is 11.1 Å². The molecule has 0 atom stereocenters. The molecule has 0 bridgehead atoms. The van der Waals surface area contributed by atoms with Crippen LogP contribution in [0.5, 0.6) is 23.0 Å². The average Bonchev–Trinajstić information content (AvgIpc) is 3.40. The molecule has 0 aliphatic rings. The Balaban J connectivity index is 1.40. The van der Waals surface area contributed by atoms with E-state index in [2.05, 4.69) is 15.4 Å². The lowest BCUT2D eigenvalue weighted by Gasteiger charge is -2.13. The molecule has 0 radical (unpaired) electrons. The minimum Gasteiger partial charge on any atom is -0.504 e. The number of phenols is 2. The molecule has 0 aliphatic carbocycles. The predicted molar refractivity (Wildman–Crippen MR) is 152 cm³/mol. The fourth-order valence-electron chi connectivity index (χ4n) is 3.47. The normalized spacial score (nSPS) is 11.1. The Hall–Kier alpha value is -4.24. The summed E-state index contributed by atoms with van der Waals surface area (Å²) in [5.74, 6) is -0.0164. The average molecular weight is 587 g/mol.